The second kappa shape index (κ2) is 3.82. The Kier molecular flexibility index (Phi) is 2.24. The summed E-state index contributed by atoms with van der Waals surface area (Å²) in [7, 11) is 0. The molecule has 1 aromatic carbocycles. The van der Waals surface area contributed by atoms with E-state index >= 15 is 0 Å². The molecule has 0 aliphatic rings. The summed E-state index contributed by atoms with van der Waals surface area (Å²) in [5, 5.41) is 2.84. The molecule has 0 saturated heterocycles. The van der Waals surface area contributed by atoms with Crippen LogP contribution in [0.2, 0.25) is 5.02 Å². The Labute approximate surface area is 116 Å². The fourth-order valence-electron chi connectivity index (χ4n) is 1.98. The van der Waals surface area contributed by atoms with Gasteiger partial charge in [-0.25, -0.2) is 4.98 Å². The molecule has 4 aromatic rings. The van der Waals surface area contributed by atoms with Crippen molar-refractivity contribution in [3.05, 3.63) is 40.7 Å². The number of thiophene rings is 2. The van der Waals surface area contributed by atoms with Crippen molar-refractivity contribution in [1.29, 1.82) is 0 Å². The summed E-state index contributed by atoms with van der Waals surface area (Å²) < 4.78 is 2.63. The minimum atomic E-state index is 0.727. The van der Waals surface area contributed by atoms with Crippen LogP contribution in [-0.4, -0.2) is 9.97 Å². The van der Waals surface area contributed by atoms with Gasteiger partial charge in [-0.3, -0.25) is 0 Å². The number of H-pyrrole nitrogens is 1. The molecule has 18 heavy (non-hydrogen) atoms. The van der Waals surface area contributed by atoms with Gasteiger partial charge in [0.2, 0.25) is 0 Å². The van der Waals surface area contributed by atoms with Crippen molar-refractivity contribution in [2.24, 2.45) is 0 Å². The number of nitrogens with zero attached hydrogens (tertiary/aromatic N) is 1. The summed E-state index contributed by atoms with van der Waals surface area (Å²) in [5.41, 5.74) is 1.93. The van der Waals surface area contributed by atoms with E-state index in [1.807, 2.05) is 18.2 Å². The van der Waals surface area contributed by atoms with E-state index in [1.54, 1.807) is 22.7 Å². The second-order valence-corrected chi connectivity index (χ2v) is 6.47. The number of nitrogens with one attached hydrogen (secondary N) is 1. The molecule has 0 aliphatic carbocycles. The van der Waals surface area contributed by atoms with E-state index in [0.717, 1.165) is 21.9 Å². The Morgan fingerprint density at radius 1 is 1.11 bits per heavy atom. The van der Waals surface area contributed by atoms with E-state index in [4.69, 9.17) is 11.6 Å². The van der Waals surface area contributed by atoms with Gasteiger partial charge in [0.15, 0.2) is 0 Å². The fraction of sp³-hybridized carbons (Fsp3) is 0. The van der Waals surface area contributed by atoms with Crippen LogP contribution in [0, 0.1) is 0 Å². The lowest BCUT2D eigenvalue weighted by molar-refractivity contribution is 1.36. The maximum atomic E-state index is 5.98. The van der Waals surface area contributed by atoms with Gasteiger partial charge in [0.1, 0.15) is 5.82 Å². The quantitative estimate of drug-likeness (QED) is 0.515. The summed E-state index contributed by atoms with van der Waals surface area (Å²) >= 11 is 9.50. The average molecular weight is 291 g/mol. The molecule has 0 spiro atoms. The molecular weight excluding hydrogens is 284 g/mol. The summed E-state index contributed by atoms with van der Waals surface area (Å²) in [6.45, 7) is 0. The third kappa shape index (κ3) is 1.57. The first-order valence-electron chi connectivity index (χ1n) is 5.42. The highest BCUT2D eigenvalue weighted by Gasteiger charge is 2.09. The maximum absolute atomic E-state index is 5.98. The zero-order chi connectivity index (χ0) is 12.1. The van der Waals surface area contributed by atoms with Gasteiger partial charge >= 0.3 is 0 Å². The number of aromatic amines is 1. The van der Waals surface area contributed by atoms with Crippen LogP contribution in [-0.2, 0) is 0 Å². The first-order valence-corrected chi connectivity index (χ1v) is 7.50. The van der Waals surface area contributed by atoms with Gasteiger partial charge in [-0.1, -0.05) is 11.6 Å². The van der Waals surface area contributed by atoms with Crippen molar-refractivity contribution in [2.45, 2.75) is 0 Å². The van der Waals surface area contributed by atoms with E-state index in [-0.39, 0.29) is 0 Å². The molecule has 1 N–H and O–H groups in total. The molecule has 4 rings (SSSR count). The van der Waals surface area contributed by atoms with Gasteiger partial charge in [-0.05, 0) is 35.7 Å². The highest BCUT2D eigenvalue weighted by molar-refractivity contribution is 7.28. The van der Waals surface area contributed by atoms with Crippen molar-refractivity contribution in [3.63, 3.8) is 0 Å². The Morgan fingerprint density at radius 3 is 2.94 bits per heavy atom. The molecule has 2 nitrogen and oxygen atoms in total. The first-order chi connectivity index (χ1) is 8.79. The van der Waals surface area contributed by atoms with E-state index in [0.29, 0.717) is 0 Å². The summed E-state index contributed by atoms with van der Waals surface area (Å²) in [5.74, 6) is 0.917. The van der Waals surface area contributed by atoms with Crippen LogP contribution in [0.5, 0.6) is 0 Å². The molecule has 0 aliphatic heterocycles. The Hall–Kier alpha value is -1.36. The molecule has 0 bridgehead atoms. The zero-order valence-corrected chi connectivity index (χ0v) is 11.5. The Bertz CT molecular complexity index is 828. The van der Waals surface area contributed by atoms with Gasteiger partial charge in [-0.2, -0.15) is 0 Å². The third-order valence-corrected chi connectivity index (χ3v) is 5.15. The predicted octanol–water partition coefficient (Wildman–Crippen LogP) is 5.16. The Balaban J connectivity index is 1.93. The minimum absolute atomic E-state index is 0.727. The molecule has 0 fully saturated rings. The third-order valence-electron chi connectivity index (χ3n) is 2.82. The molecule has 0 amide bonds. The summed E-state index contributed by atoms with van der Waals surface area (Å²) in [4.78, 5) is 9.09. The van der Waals surface area contributed by atoms with Crippen LogP contribution in [0.4, 0.5) is 0 Å². The molecule has 3 aromatic heterocycles. The van der Waals surface area contributed by atoms with Crippen LogP contribution in [0.3, 0.4) is 0 Å². The van der Waals surface area contributed by atoms with Gasteiger partial charge in [0.05, 0.1) is 15.9 Å². The largest absolute Gasteiger partial charge is 0.337 e. The highest BCUT2D eigenvalue weighted by atomic mass is 35.5. The molecule has 0 radical (unpaired) electrons. The van der Waals surface area contributed by atoms with E-state index in [9.17, 15) is 0 Å². The molecule has 5 heteroatoms. The monoisotopic (exact) mass is 290 g/mol. The zero-order valence-electron chi connectivity index (χ0n) is 9.11. The van der Waals surface area contributed by atoms with Gasteiger partial charge in [0.25, 0.3) is 0 Å². The molecule has 0 atom stereocenters. The number of halogens is 1. The number of fused-ring (bicyclic) bond motifs is 2. The normalized spacial score (nSPS) is 11.6. The van der Waals surface area contributed by atoms with Gasteiger partial charge in [-0.15, -0.1) is 22.7 Å². The maximum Gasteiger partial charge on any atom is 0.148 e. The lowest BCUT2D eigenvalue weighted by Crippen LogP contribution is -1.72. The summed E-state index contributed by atoms with van der Waals surface area (Å²) in [6.07, 6.45) is 0. The summed E-state index contributed by atoms with van der Waals surface area (Å²) in [6, 6.07) is 10.0. The van der Waals surface area contributed by atoms with Crippen molar-refractivity contribution in [3.8, 4) is 10.7 Å². The van der Waals surface area contributed by atoms with Gasteiger partial charge < -0.3 is 4.98 Å². The molecule has 0 unspecified atom stereocenters. The number of benzene rings is 1. The smallest absolute Gasteiger partial charge is 0.148 e. The van der Waals surface area contributed by atoms with E-state index < -0.39 is 0 Å². The van der Waals surface area contributed by atoms with Crippen LogP contribution in [0.25, 0.3) is 31.1 Å². The lowest BCUT2D eigenvalue weighted by atomic mass is 10.3. The van der Waals surface area contributed by atoms with Crippen LogP contribution >= 0.6 is 34.3 Å². The lowest BCUT2D eigenvalue weighted by Gasteiger charge is -1.88. The van der Waals surface area contributed by atoms with Crippen molar-refractivity contribution in [1.82, 2.24) is 9.97 Å². The molecule has 88 valence electrons. The van der Waals surface area contributed by atoms with Crippen LogP contribution in [0.15, 0.2) is 35.7 Å². The number of aromatic nitrogens is 2. The van der Waals surface area contributed by atoms with Crippen molar-refractivity contribution >= 4 is 54.7 Å². The number of rotatable bonds is 1. The van der Waals surface area contributed by atoms with Crippen LogP contribution < -0.4 is 0 Å². The first kappa shape index (κ1) is 10.6. The fourth-order valence-corrected chi connectivity index (χ4v) is 4.21. The van der Waals surface area contributed by atoms with Crippen LogP contribution in [0.1, 0.15) is 0 Å². The number of hydrogen-bond acceptors (Lipinski definition) is 3. The van der Waals surface area contributed by atoms with E-state index in [2.05, 4.69) is 27.5 Å². The van der Waals surface area contributed by atoms with E-state index in [1.165, 1.54) is 14.3 Å². The molecular formula is C13H7ClN2S2. The molecule has 3 heterocycles. The highest BCUT2D eigenvalue weighted by Crippen LogP contribution is 2.35. The average Bonchev–Trinajstić information content (AvgIpc) is 2.99. The second-order valence-electron chi connectivity index (χ2n) is 4.01. The van der Waals surface area contributed by atoms with Crippen molar-refractivity contribution < 1.29 is 0 Å². The Morgan fingerprint density at radius 2 is 2.06 bits per heavy atom. The topological polar surface area (TPSA) is 28.7 Å². The molecule has 0 saturated carbocycles. The number of imidazole rings is 1. The SMILES string of the molecule is Clc1ccc2nc(-c3cc4sccc4s3)[nH]c2c1. The van der Waals surface area contributed by atoms with Crippen molar-refractivity contribution in [2.75, 3.05) is 0 Å². The predicted molar refractivity (Wildman–Crippen MR) is 79.8 cm³/mol. The number of hydrogen-bond donors (Lipinski definition) is 1. The minimum Gasteiger partial charge on any atom is -0.337 e. The van der Waals surface area contributed by atoms with Gasteiger partial charge in [0, 0.05) is 14.4 Å². The standard InChI is InChI=1S/C13H7ClN2S2/c14-7-1-2-8-9(5-7)16-13(15-8)12-6-11-10(18-12)3-4-17-11/h1-6H,(H,15,16).